The Morgan fingerprint density at radius 3 is 2.09 bits per heavy atom. The first-order valence-corrected chi connectivity index (χ1v) is 12.7. The van der Waals surface area contributed by atoms with Crippen molar-refractivity contribution in [2.45, 2.75) is 24.3 Å². The Morgan fingerprint density at radius 1 is 0.906 bits per heavy atom. The Morgan fingerprint density at radius 2 is 1.50 bits per heavy atom. The summed E-state index contributed by atoms with van der Waals surface area (Å²) in [5.74, 6) is -0.263. The van der Waals surface area contributed by atoms with Gasteiger partial charge in [-0.05, 0) is 54.8 Å². The molecule has 2 aliphatic rings. The molecule has 2 heterocycles. The molecule has 172 valence electrons. The zero-order valence-electron chi connectivity index (χ0n) is 17.8. The number of carbonyl (C=O) groups is 1. The lowest BCUT2D eigenvalue weighted by molar-refractivity contribution is -0.138. The molecular weight excluding hydrogens is 453 g/mol. The van der Waals surface area contributed by atoms with Gasteiger partial charge in [-0.15, -0.1) is 0 Å². The van der Waals surface area contributed by atoms with E-state index in [4.69, 9.17) is 11.6 Å². The first-order valence-electron chi connectivity index (χ1n) is 10.8. The smallest absolute Gasteiger partial charge is 0.243 e. The number of hydrogen-bond donors (Lipinski definition) is 0. The van der Waals surface area contributed by atoms with E-state index in [2.05, 4.69) is 4.90 Å². The molecule has 2 saturated heterocycles. The first-order chi connectivity index (χ1) is 15.3. The molecule has 2 aromatic rings. The topological polar surface area (TPSA) is 60.9 Å². The van der Waals surface area contributed by atoms with Crippen LogP contribution in [0.1, 0.15) is 18.4 Å². The van der Waals surface area contributed by atoms with Gasteiger partial charge in [-0.25, -0.2) is 12.8 Å². The number of nitrogens with zero attached hydrogens (tertiary/aromatic N) is 3. The molecule has 6 nitrogen and oxygen atoms in total. The van der Waals surface area contributed by atoms with Crippen LogP contribution in [0.25, 0.3) is 0 Å². The standard InChI is InChI=1S/C23H27ClFN3O3S/c24-20-3-7-22(8-4-20)32(30,31)28-11-9-19(10-12-28)23(29)27-15-13-26(14-16-27)17-18-1-5-21(25)6-2-18/h1-8,19H,9-17H2. The highest BCUT2D eigenvalue weighted by atomic mass is 35.5. The summed E-state index contributed by atoms with van der Waals surface area (Å²) in [5, 5.41) is 0.492. The Bertz CT molecular complexity index is 1030. The maximum absolute atomic E-state index is 13.1. The van der Waals surface area contributed by atoms with Crippen molar-refractivity contribution in [3.63, 3.8) is 0 Å². The second-order valence-corrected chi connectivity index (χ2v) is 10.7. The van der Waals surface area contributed by atoms with Crippen LogP contribution >= 0.6 is 11.6 Å². The lowest BCUT2D eigenvalue weighted by atomic mass is 9.96. The third-order valence-electron chi connectivity index (χ3n) is 6.26. The number of piperidine rings is 1. The van der Waals surface area contributed by atoms with Crippen molar-refractivity contribution in [1.29, 1.82) is 0 Å². The lowest BCUT2D eigenvalue weighted by Gasteiger charge is -2.38. The first kappa shape index (κ1) is 23.2. The van der Waals surface area contributed by atoms with Gasteiger partial charge in [-0.2, -0.15) is 4.31 Å². The molecule has 2 aliphatic heterocycles. The van der Waals surface area contributed by atoms with Crippen LogP contribution in [0.3, 0.4) is 0 Å². The van der Waals surface area contributed by atoms with E-state index in [0.29, 0.717) is 44.0 Å². The fourth-order valence-electron chi connectivity index (χ4n) is 4.33. The van der Waals surface area contributed by atoms with E-state index in [0.717, 1.165) is 25.2 Å². The fourth-order valence-corrected chi connectivity index (χ4v) is 5.93. The Balaban J connectivity index is 1.26. The quantitative estimate of drug-likeness (QED) is 0.660. The van der Waals surface area contributed by atoms with E-state index in [-0.39, 0.29) is 22.5 Å². The summed E-state index contributed by atoms with van der Waals surface area (Å²) in [5.41, 5.74) is 1.06. The normalized spacial score (nSPS) is 19.2. The van der Waals surface area contributed by atoms with Crippen LogP contribution in [-0.2, 0) is 21.4 Å². The second-order valence-electron chi connectivity index (χ2n) is 8.36. The van der Waals surface area contributed by atoms with Gasteiger partial charge in [-0.3, -0.25) is 9.69 Å². The van der Waals surface area contributed by atoms with Crippen molar-refractivity contribution in [2.24, 2.45) is 5.92 Å². The van der Waals surface area contributed by atoms with Gasteiger partial charge in [0, 0.05) is 56.8 Å². The molecule has 2 aromatic carbocycles. The Hall–Kier alpha value is -2.00. The molecule has 0 bridgehead atoms. The van der Waals surface area contributed by atoms with Crippen LogP contribution in [0.15, 0.2) is 53.4 Å². The summed E-state index contributed by atoms with van der Waals surface area (Å²) in [7, 11) is -3.57. The molecule has 0 saturated carbocycles. The summed E-state index contributed by atoms with van der Waals surface area (Å²) in [6.45, 7) is 4.27. The van der Waals surface area contributed by atoms with Crippen LogP contribution in [-0.4, -0.2) is 67.7 Å². The van der Waals surface area contributed by atoms with Crippen molar-refractivity contribution in [3.8, 4) is 0 Å². The van der Waals surface area contributed by atoms with E-state index in [1.165, 1.54) is 28.6 Å². The average molecular weight is 480 g/mol. The molecular formula is C23H27ClFN3O3S. The Labute approximate surface area is 193 Å². The minimum atomic E-state index is -3.57. The summed E-state index contributed by atoms with van der Waals surface area (Å²) in [6, 6.07) is 12.7. The summed E-state index contributed by atoms with van der Waals surface area (Å²) < 4.78 is 40.2. The number of halogens is 2. The van der Waals surface area contributed by atoms with Crippen LogP contribution < -0.4 is 0 Å². The van der Waals surface area contributed by atoms with E-state index >= 15 is 0 Å². The van der Waals surface area contributed by atoms with E-state index in [1.807, 2.05) is 4.90 Å². The van der Waals surface area contributed by atoms with Gasteiger partial charge in [0.05, 0.1) is 4.90 Å². The SMILES string of the molecule is O=C(C1CCN(S(=O)(=O)c2ccc(Cl)cc2)CC1)N1CCN(Cc2ccc(F)cc2)CC1. The van der Waals surface area contributed by atoms with Gasteiger partial charge in [0.25, 0.3) is 0 Å². The molecule has 2 fully saturated rings. The molecule has 32 heavy (non-hydrogen) atoms. The minimum absolute atomic E-state index is 0.120. The molecule has 0 aromatic heterocycles. The highest BCUT2D eigenvalue weighted by Gasteiger charge is 2.34. The van der Waals surface area contributed by atoms with Gasteiger partial charge in [0.2, 0.25) is 15.9 Å². The zero-order valence-corrected chi connectivity index (χ0v) is 19.4. The minimum Gasteiger partial charge on any atom is -0.340 e. The van der Waals surface area contributed by atoms with Crippen molar-refractivity contribution in [1.82, 2.24) is 14.1 Å². The van der Waals surface area contributed by atoms with E-state index < -0.39 is 10.0 Å². The number of carbonyl (C=O) groups excluding carboxylic acids is 1. The predicted octanol–water partition coefficient (Wildman–Crippen LogP) is 3.22. The van der Waals surface area contributed by atoms with Crippen molar-refractivity contribution >= 4 is 27.5 Å². The molecule has 0 aliphatic carbocycles. The van der Waals surface area contributed by atoms with Gasteiger partial charge < -0.3 is 4.90 Å². The van der Waals surface area contributed by atoms with Gasteiger partial charge in [-0.1, -0.05) is 23.7 Å². The molecule has 0 N–H and O–H groups in total. The van der Waals surface area contributed by atoms with Crippen molar-refractivity contribution in [2.75, 3.05) is 39.3 Å². The third-order valence-corrected chi connectivity index (χ3v) is 8.42. The monoisotopic (exact) mass is 479 g/mol. The highest BCUT2D eigenvalue weighted by Crippen LogP contribution is 2.26. The number of piperazine rings is 1. The number of hydrogen-bond acceptors (Lipinski definition) is 4. The van der Waals surface area contributed by atoms with Crippen LogP contribution in [0.2, 0.25) is 5.02 Å². The molecule has 0 atom stereocenters. The fraction of sp³-hybridized carbons (Fsp3) is 0.435. The molecule has 1 amide bonds. The van der Waals surface area contributed by atoms with E-state index in [9.17, 15) is 17.6 Å². The summed E-state index contributed by atoms with van der Waals surface area (Å²) in [6.07, 6.45) is 1.06. The molecule has 0 unspecified atom stereocenters. The van der Waals surface area contributed by atoms with Gasteiger partial charge >= 0.3 is 0 Å². The number of sulfonamides is 1. The Kier molecular flexibility index (Phi) is 7.14. The summed E-state index contributed by atoms with van der Waals surface area (Å²) >= 11 is 5.86. The lowest BCUT2D eigenvalue weighted by Crippen LogP contribution is -2.51. The number of rotatable bonds is 5. The van der Waals surface area contributed by atoms with Gasteiger partial charge in [0.15, 0.2) is 0 Å². The molecule has 0 radical (unpaired) electrons. The van der Waals surface area contributed by atoms with Crippen molar-refractivity contribution in [3.05, 3.63) is 64.9 Å². The van der Waals surface area contributed by atoms with Crippen LogP contribution in [0.4, 0.5) is 4.39 Å². The maximum atomic E-state index is 13.1. The summed E-state index contributed by atoms with van der Waals surface area (Å²) in [4.78, 5) is 17.4. The maximum Gasteiger partial charge on any atom is 0.243 e. The molecule has 9 heteroatoms. The average Bonchev–Trinajstić information content (AvgIpc) is 2.81. The zero-order chi connectivity index (χ0) is 22.7. The van der Waals surface area contributed by atoms with Crippen molar-refractivity contribution < 1.29 is 17.6 Å². The largest absolute Gasteiger partial charge is 0.340 e. The molecule has 0 spiro atoms. The number of amides is 1. The van der Waals surface area contributed by atoms with Gasteiger partial charge in [0.1, 0.15) is 5.82 Å². The van der Waals surface area contributed by atoms with Crippen LogP contribution in [0, 0.1) is 11.7 Å². The highest BCUT2D eigenvalue weighted by molar-refractivity contribution is 7.89. The van der Waals surface area contributed by atoms with Crippen LogP contribution in [0.5, 0.6) is 0 Å². The second kappa shape index (κ2) is 9.87. The van der Waals surface area contributed by atoms with E-state index in [1.54, 1.807) is 24.3 Å². The third kappa shape index (κ3) is 5.31. The number of benzene rings is 2. The molecule has 4 rings (SSSR count). The predicted molar refractivity (Wildman–Crippen MR) is 121 cm³/mol.